The molecule has 5 nitrogen and oxygen atoms in total. The van der Waals surface area contributed by atoms with E-state index in [0.29, 0.717) is 5.56 Å². The van der Waals surface area contributed by atoms with Gasteiger partial charge in [0.1, 0.15) is 12.7 Å². The number of benzene rings is 2. The third-order valence-electron chi connectivity index (χ3n) is 3.37. The second-order valence-corrected chi connectivity index (χ2v) is 5.09. The molecular formula is C18H16N4O. The molecule has 3 aromatic rings. The number of nitrogens with zero attached hydrogens (tertiary/aromatic N) is 3. The number of rotatable bonds is 5. The number of ketones is 1. The second kappa shape index (κ2) is 6.70. The van der Waals surface area contributed by atoms with Crippen molar-refractivity contribution in [1.82, 2.24) is 14.8 Å². The molecule has 0 saturated heterocycles. The number of anilines is 1. The molecular weight excluding hydrogens is 288 g/mol. The van der Waals surface area contributed by atoms with Crippen LogP contribution in [0.1, 0.15) is 15.9 Å². The monoisotopic (exact) mass is 304 g/mol. The number of aryl methyl sites for hydroxylation is 1. The van der Waals surface area contributed by atoms with Gasteiger partial charge in [-0.25, -0.2) is 9.67 Å². The summed E-state index contributed by atoms with van der Waals surface area (Å²) >= 11 is 0. The number of aromatic nitrogens is 3. The SMILES string of the molecule is Cc1ccc(NC=CC(=O)c2ccc(-n3cncn3)cc2)cc1. The Kier molecular flexibility index (Phi) is 4.29. The van der Waals surface area contributed by atoms with E-state index in [0.717, 1.165) is 11.4 Å². The van der Waals surface area contributed by atoms with Crippen LogP contribution in [-0.2, 0) is 0 Å². The molecule has 0 atom stereocenters. The van der Waals surface area contributed by atoms with E-state index in [-0.39, 0.29) is 5.78 Å². The third kappa shape index (κ3) is 3.71. The van der Waals surface area contributed by atoms with Crippen molar-refractivity contribution in [3.63, 3.8) is 0 Å². The Hall–Kier alpha value is -3.21. The van der Waals surface area contributed by atoms with Gasteiger partial charge in [-0.15, -0.1) is 0 Å². The predicted octanol–water partition coefficient (Wildman–Crippen LogP) is 3.38. The summed E-state index contributed by atoms with van der Waals surface area (Å²) in [5, 5.41) is 7.13. The fourth-order valence-corrected chi connectivity index (χ4v) is 2.08. The molecule has 0 saturated carbocycles. The second-order valence-electron chi connectivity index (χ2n) is 5.09. The van der Waals surface area contributed by atoms with Crippen LogP contribution in [0.25, 0.3) is 5.69 Å². The molecule has 3 rings (SSSR count). The standard InChI is InChI=1S/C18H16N4O/c1-14-2-6-16(7-3-14)20-11-10-18(23)15-4-8-17(9-5-15)22-13-19-12-21-22/h2-13,20H,1H3. The minimum Gasteiger partial charge on any atom is -0.362 e. The maximum atomic E-state index is 12.1. The zero-order valence-corrected chi connectivity index (χ0v) is 12.7. The molecule has 114 valence electrons. The average Bonchev–Trinajstić information content (AvgIpc) is 3.11. The minimum atomic E-state index is -0.0604. The maximum Gasteiger partial charge on any atom is 0.187 e. The van der Waals surface area contributed by atoms with E-state index in [4.69, 9.17) is 0 Å². The van der Waals surface area contributed by atoms with Crippen molar-refractivity contribution in [3.05, 3.63) is 84.6 Å². The van der Waals surface area contributed by atoms with Crippen LogP contribution in [0, 0.1) is 6.92 Å². The first-order chi connectivity index (χ1) is 11.2. The number of allylic oxidation sites excluding steroid dienone is 1. The minimum absolute atomic E-state index is 0.0604. The zero-order chi connectivity index (χ0) is 16.1. The Morgan fingerprint density at radius 2 is 1.83 bits per heavy atom. The Balaban J connectivity index is 1.63. The van der Waals surface area contributed by atoms with E-state index in [2.05, 4.69) is 15.4 Å². The van der Waals surface area contributed by atoms with Crippen LogP contribution in [0.3, 0.4) is 0 Å². The summed E-state index contributed by atoms with van der Waals surface area (Å²) in [6.07, 6.45) is 6.25. The van der Waals surface area contributed by atoms with Crippen molar-refractivity contribution in [2.45, 2.75) is 6.92 Å². The summed E-state index contributed by atoms with van der Waals surface area (Å²) < 4.78 is 1.64. The van der Waals surface area contributed by atoms with E-state index in [1.165, 1.54) is 18.0 Å². The lowest BCUT2D eigenvalue weighted by atomic mass is 10.1. The normalized spacial score (nSPS) is 10.8. The number of carbonyl (C=O) groups excluding carboxylic acids is 1. The van der Waals surface area contributed by atoms with Crippen molar-refractivity contribution in [1.29, 1.82) is 0 Å². The van der Waals surface area contributed by atoms with Gasteiger partial charge in [0.15, 0.2) is 5.78 Å². The Labute approximate surface area is 134 Å². The zero-order valence-electron chi connectivity index (χ0n) is 12.7. The van der Waals surface area contributed by atoms with Gasteiger partial charge < -0.3 is 5.32 Å². The molecule has 23 heavy (non-hydrogen) atoms. The van der Waals surface area contributed by atoms with Gasteiger partial charge >= 0.3 is 0 Å². The van der Waals surface area contributed by atoms with E-state index in [1.807, 2.05) is 43.3 Å². The molecule has 0 fully saturated rings. The average molecular weight is 304 g/mol. The molecule has 0 aliphatic rings. The number of nitrogens with one attached hydrogen (secondary N) is 1. The topological polar surface area (TPSA) is 59.8 Å². The fraction of sp³-hybridized carbons (Fsp3) is 0.0556. The van der Waals surface area contributed by atoms with Crippen molar-refractivity contribution < 1.29 is 4.79 Å². The molecule has 0 radical (unpaired) electrons. The molecule has 1 N–H and O–H groups in total. The van der Waals surface area contributed by atoms with E-state index < -0.39 is 0 Å². The smallest absolute Gasteiger partial charge is 0.187 e. The van der Waals surface area contributed by atoms with Crippen LogP contribution < -0.4 is 5.32 Å². The molecule has 0 bridgehead atoms. The largest absolute Gasteiger partial charge is 0.362 e. The van der Waals surface area contributed by atoms with Gasteiger partial charge in [0.2, 0.25) is 0 Å². The van der Waals surface area contributed by atoms with Gasteiger partial charge in [0.25, 0.3) is 0 Å². The van der Waals surface area contributed by atoms with Crippen LogP contribution in [0.15, 0.2) is 73.5 Å². The molecule has 0 aliphatic carbocycles. The first kappa shape index (κ1) is 14.7. The molecule has 5 heteroatoms. The highest BCUT2D eigenvalue weighted by Gasteiger charge is 2.03. The van der Waals surface area contributed by atoms with Gasteiger partial charge in [0, 0.05) is 23.5 Å². The quantitative estimate of drug-likeness (QED) is 0.580. The summed E-state index contributed by atoms with van der Waals surface area (Å²) in [6.45, 7) is 2.03. The van der Waals surface area contributed by atoms with Crippen molar-refractivity contribution in [3.8, 4) is 5.69 Å². The van der Waals surface area contributed by atoms with Crippen LogP contribution in [-0.4, -0.2) is 20.5 Å². The van der Waals surface area contributed by atoms with Crippen LogP contribution in [0.2, 0.25) is 0 Å². The van der Waals surface area contributed by atoms with Crippen LogP contribution in [0.5, 0.6) is 0 Å². The highest BCUT2D eigenvalue weighted by Crippen LogP contribution is 2.10. The van der Waals surface area contributed by atoms with Gasteiger partial charge in [-0.05, 0) is 43.3 Å². The third-order valence-corrected chi connectivity index (χ3v) is 3.37. The molecule has 2 aromatic carbocycles. The lowest BCUT2D eigenvalue weighted by Gasteiger charge is -2.02. The maximum absolute atomic E-state index is 12.1. The molecule has 0 spiro atoms. The molecule has 0 amide bonds. The van der Waals surface area contributed by atoms with Gasteiger partial charge in [-0.2, -0.15) is 5.10 Å². The summed E-state index contributed by atoms with van der Waals surface area (Å²) in [5.74, 6) is -0.0604. The Bertz CT molecular complexity index is 803. The van der Waals surface area contributed by atoms with Crippen molar-refractivity contribution >= 4 is 11.5 Å². The van der Waals surface area contributed by atoms with Crippen molar-refractivity contribution in [2.75, 3.05) is 5.32 Å². The van der Waals surface area contributed by atoms with Crippen LogP contribution in [0.4, 0.5) is 5.69 Å². The van der Waals surface area contributed by atoms with E-state index in [9.17, 15) is 4.79 Å². The summed E-state index contributed by atoms with van der Waals surface area (Å²) in [6, 6.07) is 15.2. The van der Waals surface area contributed by atoms with Crippen LogP contribution >= 0.6 is 0 Å². The van der Waals surface area contributed by atoms with Gasteiger partial charge in [0.05, 0.1) is 5.69 Å². The van der Waals surface area contributed by atoms with E-state index >= 15 is 0 Å². The molecule has 0 unspecified atom stereocenters. The number of carbonyl (C=O) groups is 1. The lowest BCUT2D eigenvalue weighted by Crippen LogP contribution is -1.98. The highest BCUT2D eigenvalue weighted by molar-refractivity contribution is 6.04. The summed E-state index contributed by atoms with van der Waals surface area (Å²) in [5.41, 5.74) is 3.63. The Morgan fingerprint density at radius 1 is 1.09 bits per heavy atom. The van der Waals surface area contributed by atoms with Crippen molar-refractivity contribution in [2.24, 2.45) is 0 Å². The number of hydrogen-bond donors (Lipinski definition) is 1. The summed E-state index contributed by atoms with van der Waals surface area (Å²) in [7, 11) is 0. The lowest BCUT2D eigenvalue weighted by molar-refractivity contribution is 0.104. The first-order valence-corrected chi connectivity index (χ1v) is 7.21. The molecule has 1 heterocycles. The molecule has 1 aromatic heterocycles. The number of hydrogen-bond acceptors (Lipinski definition) is 4. The molecule has 0 aliphatic heterocycles. The highest BCUT2D eigenvalue weighted by atomic mass is 16.1. The van der Waals surface area contributed by atoms with E-state index in [1.54, 1.807) is 29.3 Å². The van der Waals surface area contributed by atoms with Gasteiger partial charge in [-0.1, -0.05) is 17.7 Å². The van der Waals surface area contributed by atoms with Gasteiger partial charge in [-0.3, -0.25) is 4.79 Å². The fourth-order valence-electron chi connectivity index (χ4n) is 2.08. The summed E-state index contributed by atoms with van der Waals surface area (Å²) in [4.78, 5) is 16.0. The Morgan fingerprint density at radius 3 is 2.48 bits per heavy atom. The first-order valence-electron chi connectivity index (χ1n) is 7.21. The predicted molar refractivity (Wildman–Crippen MR) is 89.6 cm³/mol.